The zero-order valence-electron chi connectivity index (χ0n) is 12.1. The van der Waals surface area contributed by atoms with Crippen LogP contribution in [0.15, 0.2) is 36.7 Å². The molecule has 1 saturated carbocycles. The van der Waals surface area contributed by atoms with Crippen LogP contribution in [-0.4, -0.2) is 23.1 Å². The average molecular weight is 286 g/mol. The van der Waals surface area contributed by atoms with Crippen molar-refractivity contribution in [3.05, 3.63) is 53.7 Å². The number of aromatic nitrogens is 2. The highest BCUT2D eigenvalue weighted by molar-refractivity contribution is 5.36. The molecule has 4 nitrogen and oxygen atoms in total. The van der Waals surface area contributed by atoms with Crippen molar-refractivity contribution in [1.82, 2.24) is 15.3 Å². The molecule has 21 heavy (non-hydrogen) atoms. The molecule has 3 rings (SSSR count). The van der Waals surface area contributed by atoms with Gasteiger partial charge in [-0.05, 0) is 18.9 Å². The largest absolute Gasteiger partial charge is 0.354 e. The van der Waals surface area contributed by atoms with Gasteiger partial charge in [-0.1, -0.05) is 18.2 Å². The predicted molar refractivity (Wildman–Crippen MR) is 80.4 cm³/mol. The normalized spacial score (nSPS) is 14.2. The summed E-state index contributed by atoms with van der Waals surface area (Å²) < 4.78 is 13.6. The van der Waals surface area contributed by atoms with E-state index in [2.05, 4.69) is 15.3 Å². The summed E-state index contributed by atoms with van der Waals surface area (Å²) in [4.78, 5) is 10.7. The Bertz CT molecular complexity index is 595. The summed E-state index contributed by atoms with van der Waals surface area (Å²) in [6, 6.07) is 7.45. The Morgan fingerprint density at radius 1 is 1.24 bits per heavy atom. The van der Waals surface area contributed by atoms with Crippen molar-refractivity contribution < 1.29 is 4.39 Å². The second-order valence-electron chi connectivity index (χ2n) is 5.47. The molecule has 1 aromatic heterocycles. The fourth-order valence-corrected chi connectivity index (χ4v) is 2.14. The van der Waals surface area contributed by atoms with E-state index in [0.29, 0.717) is 18.2 Å². The number of benzene rings is 1. The number of halogens is 1. The Kier molecular flexibility index (Phi) is 4.10. The number of nitrogens with one attached hydrogen (secondary N) is 1. The quantitative estimate of drug-likeness (QED) is 0.886. The fourth-order valence-electron chi connectivity index (χ4n) is 2.14. The molecule has 1 heterocycles. The van der Waals surface area contributed by atoms with Gasteiger partial charge in [0.15, 0.2) is 0 Å². The lowest BCUT2D eigenvalue weighted by Gasteiger charge is -2.18. The molecule has 1 aliphatic carbocycles. The van der Waals surface area contributed by atoms with E-state index in [1.807, 2.05) is 18.0 Å². The lowest BCUT2D eigenvalue weighted by atomic mass is 10.2. The summed E-state index contributed by atoms with van der Waals surface area (Å²) in [5, 5.41) is 3.40. The van der Waals surface area contributed by atoms with Crippen LogP contribution in [-0.2, 0) is 13.1 Å². The van der Waals surface area contributed by atoms with Crippen molar-refractivity contribution in [1.29, 1.82) is 0 Å². The number of hydrogen-bond donors (Lipinski definition) is 1. The molecule has 1 aliphatic rings. The average Bonchev–Trinajstić information content (AvgIpc) is 3.32. The van der Waals surface area contributed by atoms with Crippen LogP contribution in [0.3, 0.4) is 0 Å². The van der Waals surface area contributed by atoms with Gasteiger partial charge in [-0.2, -0.15) is 0 Å². The number of anilines is 1. The highest BCUT2D eigenvalue weighted by Crippen LogP contribution is 2.19. The van der Waals surface area contributed by atoms with Gasteiger partial charge in [0.05, 0.1) is 18.1 Å². The molecule has 1 fully saturated rings. The maximum absolute atomic E-state index is 13.6. The lowest BCUT2D eigenvalue weighted by molar-refractivity contribution is 0.607. The van der Waals surface area contributed by atoms with E-state index < -0.39 is 0 Å². The highest BCUT2D eigenvalue weighted by Gasteiger charge is 2.20. The van der Waals surface area contributed by atoms with E-state index in [9.17, 15) is 4.39 Å². The smallest absolute Gasteiger partial charge is 0.147 e. The van der Waals surface area contributed by atoms with E-state index in [4.69, 9.17) is 0 Å². The molecule has 0 spiro atoms. The summed E-state index contributed by atoms with van der Waals surface area (Å²) in [6.45, 7) is 1.23. The number of hydrogen-bond acceptors (Lipinski definition) is 4. The molecular formula is C16H19FN4. The lowest BCUT2D eigenvalue weighted by Crippen LogP contribution is -2.20. The maximum Gasteiger partial charge on any atom is 0.147 e. The molecule has 110 valence electrons. The third kappa shape index (κ3) is 3.76. The van der Waals surface area contributed by atoms with E-state index in [0.717, 1.165) is 18.1 Å². The Hall–Kier alpha value is -2.01. The topological polar surface area (TPSA) is 41.1 Å². The summed E-state index contributed by atoms with van der Waals surface area (Å²) in [7, 11) is 1.89. The van der Waals surface area contributed by atoms with Crippen molar-refractivity contribution in [2.45, 2.75) is 32.0 Å². The minimum Gasteiger partial charge on any atom is -0.354 e. The van der Waals surface area contributed by atoms with Crippen molar-refractivity contribution in [3.8, 4) is 0 Å². The van der Waals surface area contributed by atoms with Gasteiger partial charge in [0.1, 0.15) is 11.6 Å². The maximum atomic E-state index is 13.6. The molecule has 2 aromatic rings. The molecule has 5 heteroatoms. The Balaban J connectivity index is 1.61. The van der Waals surface area contributed by atoms with Crippen LogP contribution < -0.4 is 10.2 Å². The first-order chi connectivity index (χ1) is 10.2. The van der Waals surface area contributed by atoms with Crippen LogP contribution in [0.1, 0.15) is 24.1 Å². The van der Waals surface area contributed by atoms with Gasteiger partial charge < -0.3 is 10.2 Å². The van der Waals surface area contributed by atoms with Crippen LogP contribution in [0.2, 0.25) is 0 Å². The van der Waals surface area contributed by atoms with Gasteiger partial charge in [-0.15, -0.1) is 0 Å². The third-order valence-electron chi connectivity index (χ3n) is 3.60. The monoisotopic (exact) mass is 286 g/mol. The molecule has 0 aliphatic heterocycles. The second kappa shape index (κ2) is 6.18. The third-order valence-corrected chi connectivity index (χ3v) is 3.60. The van der Waals surface area contributed by atoms with Crippen molar-refractivity contribution >= 4 is 5.82 Å². The predicted octanol–water partition coefficient (Wildman–Crippen LogP) is 2.50. The van der Waals surface area contributed by atoms with Crippen LogP contribution in [0.25, 0.3) is 0 Å². The van der Waals surface area contributed by atoms with E-state index in [1.165, 1.54) is 18.9 Å². The molecule has 0 unspecified atom stereocenters. The van der Waals surface area contributed by atoms with Crippen LogP contribution in [0.4, 0.5) is 10.2 Å². The van der Waals surface area contributed by atoms with Gasteiger partial charge >= 0.3 is 0 Å². The van der Waals surface area contributed by atoms with Crippen LogP contribution >= 0.6 is 0 Å². The number of rotatable bonds is 6. The molecule has 1 aromatic carbocycles. The molecule has 0 atom stereocenters. The Labute approximate surface area is 124 Å². The van der Waals surface area contributed by atoms with Crippen molar-refractivity contribution in [2.24, 2.45) is 0 Å². The molecule has 0 bridgehead atoms. The number of nitrogens with zero attached hydrogens (tertiary/aromatic N) is 3. The van der Waals surface area contributed by atoms with Crippen molar-refractivity contribution in [2.75, 3.05) is 11.9 Å². The first-order valence-electron chi connectivity index (χ1n) is 7.21. The molecule has 0 radical (unpaired) electrons. The highest BCUT2D eigenvalue weighted by atomic mass is 19.1. The van der Waals surface area contributed by atoms with Crippen LogP contribution in [0, 0.1) is 5.82 Å². The molecule has 0 saturated heterocycles. The summed E-state index contributed by atoms with van der Waals surface area (Å²) >= 11 is 0. The van der Waals surface area contributed by atoms with E-state index in [1.54, 1.807) is 24.5 Å². The standard InChI is InChI=1S/C16H19FN4/c1-21(11-12-4-2-3-5-15(12)17)16-10-19-14(9-20-16)8-18-13-6-7-13/h2-5,9-10,13,18H,6-8,11H2,1H3. The molecule has 1 N–H and O–H groups in total. The zero-order valence-corrected chi connectivity index (χ0v) is 12.1. The summed E-state index contributed by atoms with van der Waals surface area (Å²) in [5.41, 5.74) is 1.59. The summed E-state index contributed by atoms with van der Waals surface area (Å²) in [5.74, 6) is 0.552. The van der Waals surface area contributed by atoms with Gasteiger partial charge in [0, 0.05) is 31.7 Å². The van der Waals surface area contributed by atoms with Gasteiger partial charge in [-0.25, -0.2) is 9.37 Å². The van der Waals surface area contributed by atoms with Gasteiger partial charge in [0.25, 0.3) is 0 Å². The van der Waals surface area contributed by atoms with Gasteiger partial charge in [-0.3, -0.25) is 4.98 Å². The SMILES string of the molecule is CN(Cc1ccccc1F)c1cnc(CNC2CC2)cn1. The molecule has 0 amide bonds. The zero-order chi connectivity index (χ0) is 14.7. The second-order valence-corrected chi connectivity index (χ2v) is 5.47. The van der Waals surface area contributed by atoms with E-state index >= 15 is 0 Å². The first kappa shape index (κ1) is 13.9. The minimum absolute atomic E-state index is 0.192. The Morgan fingerprint density at radius 3 is 2.71 bits per heavy atom. The van der Waals surface area contributed by atoms with Gasteiger partial charge in [0.2, 0.25) is 0 Å². The minimum atomic E-state index is -0.192. The Morgan fingerprint density at radius 2 is 2.05 bits per heavy atom. The first-order valence-corrected chi connectivity index (χ1v) is 7.21. The van der Waals surface area contributed by atoms with E-state index in [-0.39, 0.29) is 5.82 Å². The van der Waals surface area contributed by atoms with Crippen LogP contribution in [0.5, 0.6) is 0 Å². The summed E-state index contributed by atoms with van der Waals surface area (Å²) in [6.07, 6.45) is 6.04. The van der Waals surface area contributed by atoms with Crippen molar-refractivity contribution in [3.63, 3.8) is 0 Å². The fraction of sp³-hybridized carbons (Fsp3) is 0.375. The molecular weight excluding hydrogens is 267 g/mol.